The number of halogens is 1. The third kappa shape index (κ3) is 4.15. The molecule has 2 rings (SSSR count). The minimum atomic E-state index is -0.0357. The van der Waals surface area contributed by atoms with Crippen molar-refractivity contribution in [2.24, 2.45) is 0 Å². The van der Waals surface area contributed by atoms with Gasteiger partial charge in [-0.3, -0.25) is 9.69 Å². The van der Waals surface area contributed by atoms with Gasteiger partial charge in [0.05, 0.1) is 0 Å². The Hall–Kier alpha value is -1.88. The molecule has 128 valence electrons. The van der Waals surface area contributed by atoms with Gasteiger partial charge in [0, 0.05) is 41.1 Å². The van der Waals surface area contributed by atoms with Gasteiger partial charge in [-0.1, -0.05) is 0 Å². The maximum absolute atomic E-state index is 12.8. The third-order valence-electron chi connectivity index (χ3n) is 3.96. The number of anilines is 2. The number of benzene rings is 1. The summed E-state index contributed by atoms with van der Waals surface area (Å²) in [6.07, 6.45) is 1.70. The van der Waals surface area contributed by atoms with Crippen molar-refractivity contribution in [2.45, 2.75) is 33.7 Å². The molecular weight excluding hydrogens is 366 g/mol. The van der Waals surface area contributed by atoms with Gasteiger partial charge in [-0.2, -0.15) is 0 Å². The van der Waals surface area contributed by atoms with Crippen LogP contribution < -0.4 is 9.80 Å². The molecule has 0 unspecified atom stereocenters. The highest BCUT2D eigenvalue weighted by molar-refractivity contribution is 9.10. The summed E-state index contributed by atoms with van der Waals surface area (Å²) in [5.41, 5.74) is 1.80. The SMILES string of the molecule is CCN(C(=O)c1ccc(N(CC)C(C)C)cc1)c1ccc(Br)cn1. The van der Waals surface area contributed by atoms with Crippen LogP contribution in [0.4, 0.5) is 11.5 Å². The van der Waals surface area contributed by atoms with E-state index >= 15 is 0 Å². The number of rotatable bonds is 6. The monoisotopic (exact) mass is 389 g/mol. The highest BCUT2D eigenvalue weighted by atomic mass is 79.9. The van der Waals surface area contributed by atoms with Crippen molar-refractivity contribution in [1.29, 1.82) is 0 Å². The first kappa shape index (κ1) is 18.5. The van der Waals surface area contributed by atoms with Crippen molar-refractivity contribution < 1.29 is 4.79 Å². The zero-order chi connectivity index (χ0) is 17.7. The molecule has 0 saturated carbocycles. The fourth-order valence-electron chi connectivity index (χ4n) is 2.73. The lowest BCUT2D eigenvalue weighted by molar-refractivity contribution is 0.0987. The Morgan fingerprint density at radius 2 is 1.75 bits per heavy atom. The van der Waals surface area contributed by atoms with E-state index in [0.717, 1.165) is 16.7 Å². The zero-order valence-electron chi connectivity index (χ0n) is 14.7. The Kier molecular flexibility index (Phi) is 6.37. The predicted octanol–water partition coefficient (Wildman–Crippen LogP) is 4.75. The van der Waals surface area contributed by atoms with Crippen LogP contribution in [0.5, 0.6) is 0 Å². The van der Waals surface area contributed by atoms with Gasteiger partial charge in [-0.15, -0.1) is 0 Å². The van der Waals surface area contributed by atoms with Gasteiger partial charge in [0.1, 0.15) is 5.82 Å². The second-order valence-electron chi connectivity index (χ2n) is 5.81. The molecule has 0 bridgehead atoms. The summed E-state index contributed by atoms with van der Waals surface area (Å²) in [6, 6.07) is 12.0. The quantitative estimate of drug-likeness (QED) is 0.715. The Balaban J connectivity index is 2.23. The van der Waals surface area contributed by atoms with Gasteiger partial charge in [0.2, 0.25) is 0 Å². The zero-order valence-corrected chi connectivity index (χ0v) is 16.2. The van der Waals surface area contributed by atoms with Crippen molar-refractivity contribution in [3.05, 3.63) is 52.6 Å². The Labute approximate surface area is 152 Å². The normalized spacial score (nSPS) is 10.8. The first-order valence-corrected chi connectivity index (χ1v) is 9.07. The summed E-state index contributed by atoms with van der Waals surface area (Å²) < 4.78 is 0.896. The van der Waals surface area contributed by atoms with Crippen LogP contribution in [0.2, 0.25) is 0 Å². The van der Waals surface area contributed by atoms with E-state index < -0.39 is 0 Å². The van der Waals surface area contributed by atoms with E-state index in [9.17, 15) is 4.79 Å². The number of hydrogen-bond donors (Lipinski definition) is 0. The van der Waals surface area contributed by atoms with E-state index in [4.69, 9.17) is 0 Å². The molecule has 5 heteroatoms. The molecule has 0 saturated heterocycles. The molecule has 4 nitrogen and oxygen atoms in total. The lowest BCUT2D eigenvalue weighted by Crippen LogP contribution is -2.32. The number of nitrogens with zero attached hydrogens (tertiary/aromatic N) is 3. The highest BCUT2D eigenvalue weighted by Gasteiger charge is 2.17. The molecule has 0 aliphatic heterocycles. The minimum absolute atomic E-state index is 0.0357. The molecule has 0 aliphatic carbocycles. The molecule has 1 aromatic heterocycles. The molecule has 0 N–H and O–H groups in total. The summed E-state index contributed by atoms with van der Waals surface area (Å²) >= 11 is 3.37. The molecule has 2 aromatic rings. The topological polar surface area (TPSA) is 36.4 Å². The van der Waals surface area contributed by atoms with E-state index in [1.165, 1.54) is 0 Å². The number of hydrogen-bond acceptors (Lipinski definition) is 3. The molecule has 0 atom stereocenters. The molecule has 0 aliphatic rings. The summed E-state index contributed by atoms with van der Waals surface area (Å²) in [7, 11) is 0. The van der Waals surface area contributed by atoms with E-state index in [0.29, 0.717) is 24.0 Å². The van der Waals surface area contributed by atoms with E-state index in [1.807, 2.05) is 43.3 Å². The van der Waals surface area contributed by atoms with Crippen molar-refractivity contribution in [1.82, 2.24) is 4.98 Å². The lowest BCUT2D eigenvalue weighted by atomic mass is 10.1. The average Bonchev–Trinajstić information content (AvgIpc) is 2.58. The van der Waals surface area contributed by atoms with Gasteiger partial charge in [0.15, 0.2) is 0 Å². The Morgan fingerprint density at radius 1 is 1.08 bits per heavy atom. The van der Waals surface area contributed by atoms with E-state index in [-0.39, 0.29) is 5.91 Å². The third-order valence-corrected chi connectivity index (χ3v) is 4.43. The van der Waals surface area contributed by atoms with Crippen molar-refractivity contribution >= 4 is 33.3 Å². The summed E-state index contributed by atoms with van der Waals surface area (Å²) in [5, 5.41) is 0. The molecule has 1 heterocycles. The predicted molar refractivity (Wildman–Crippen MR) is 104 cm³/mol. The fourth-order valence-corrected chi connectivity index (χ4v) is 2.97. The Bertz CT molecular complexity index is 668. The van der Waals surface area contributed by atoms with Crippen LogP contribution in [0.3, 0.4) is 0 Å². The molecule has 0 spiro atoms. The molecule has 1 aromatic carbocycles. The molecule has 0 radical (unpaired) electrons. The van der Waals surface area contributed by atoms with Crippen LogP contribution in [0.15, 0.2) is 47.1 Å². The van der Waals surface area contributed by atoms with Crippen LogP contribution in [0, 0.1) is 0 Å². The van der Waals surface area contributed by atoms with Crippen molar-refractivity contribution in [3.63, 3.8) is 0 Å². The number of aromatic nitrogens is 1. The molecule has 1 amide bonds. The first-order valence-electron chi connectivity index (χ1n) is 8.28. The Morgan fingerprint density at radius 3 is 2.21 bits per heavy atom. The summed E-state index contributed by atoms with van der Waals surface area (Å²) in [6.45, 7) is 9.93. The van der Waals surface area contributed by atoms with Gasteiger partial charge in [-0.25, -0.2) is 4.98 Å². The maximum atomic E-state index is 12.8. The van der Waals surface area contributed by atoms with Crippen molar-refractivity contribution in [2.75, 3.05) is 22.9 Å². The second kappa shape index (κ2) is 8.29. The number of carbonyl (C=O) groups excluding carboxylic acids is 1. The number of amides is 1. The first-order chi connectivity index (χ1) is 11.5. The maximum Gasteiger partial charge on any atom is 0.259 e. The standard InChI is InChI=1S/C19H24BrN3O/c1-5-22(14(3)4)17-10-7-15(8-11-17)19(24)23(6-2)18-12-9-16(20)13-21-18/h7-14H,5-6H2,1-4H3. The minimum Gasteiger partial charge on any atom is -0.369 e. The number of carbonyl (C=O) groups is 1. The fraction of sp³-hybridized carbons (Fsp3) is 0.368. The molecule has 0 fully saturated rings. The number of pyridine rings is 1. The summed E-state index contributed by atoms with van der Waals surface area (Å²) in [4.78, 5) is 21.1. The van der Waals surface area contributed by atoms with Crippen molar-refractivity contribution in [3.8, 4) is 0 Å². The van der Waals surface area contributed by atoms with Gasteiger partial charge in [0.25, 0.3) is 5.91 Å². The van der Waals surface area contributed by atoms with Crippen LogP contribution >= 0.6 is 15.9 Å². The van der Waals surface area contributed by atoms with Gasteiger partial charge < -0.3 is 4.90 Å². The average molecular weight is 390 g/mol. The summed E-state index contributed by atoms with van der Waals surface area (Å²) in [5.74, 6) is 0.624. The van der Waals surface area contributed by atoms with Gasteiger partial charge in [-0.05, 0) is 80.0 Å². The van der Waals surface area contributed by atoms with Crippen LogP contribution in [-0.4, -0.2) is 30.0 Å². The van der Waals surface area contributed by atoms with E-state index in [2.05, 4.69) is 46.6 Å². The largest absolute Gasteiger partial charge is 0.369 e. The smallest absolute Gasteiger partial charge is 0.259 e. The lowest BCUT2D eigenvalue weighted by Gasteiger charge is -2.27. The highest BCUT2D eigenvalue weighted by Crippen LogP contribution is 2.21. The molecule has 24 heavy (non-hydrogen) atoms. The van der Waals surface area contributed by atoms with Crippen LogP contribution in [0.1, 0.15) is 38.1 Å². The van der Waals surface area contributed by atoms with Crippen LogP contribution in [-0.2, 0) is 0 Å². The van der Waals surface area contributed by atoms with E-state index in [1.54, 1.807) is 11.1 Å². The second-order valence-corrected chi connectivity index (χ2v) is 6.73. The van der Waals surface area contributed by atoms with Crippen LogP contribution in [0.25, 0.3) is 0 Å². The van der Waals surface area contributed by atoms with Gasteiger partial charge >= 0.3 is 0 Å². The molecular formula is C19H24BrN3O.